The molecule has 0 atom stereocenters. The van der Waals surface area contributed by atoms with Crippen LogP contribution >= 0.6 is 11.3 Å². The second-order valence-corrected chi connectivity index (χ2v) is 5.38. The average molecular weight is 264 g/mol. The Balaban J connectivity index is 1.85. The Morgan fingerprint density at radius 1 is 1.44 bits per heavy atom. The number of anilines is 1. The number of amides is 1. The number of aryl methyl sites for hydroxylation is 4. The van der Waals surface area contributed by atoms with Gasteiger partial charge in [-0.05, 0) is 26.8 Å². The highest BCUT2D eigenvalue weighted by Crippen LogP contribution is 2.21. The fourth-order valence-corrected chi connectivity index (χ4v) is 2.34. The van der Waals surface area contributed by atoms with Gasteiger partial charge >= 0.3 is 0 Å². The predicted octanol–water partition coefficient (Wildman–Crippen LogP) is 2.29. The fourth-order valence-electron chi connectivity index (χ4n) is 1.51. The summed E-state index contributed by atoms with van der Waals surface area (Å²) in [7, 11) is 0. The van der Waals surface area contributed by atoms with Gasteiger partial charge in [0.15, 0.2) is 5.13 Å². The SMILES string of the molecule is Cc1ccn(CCC(=O)Nc2nc(C)c(C)s2)n1. The van der Waals surface area contributed by atoms with Crippen LogP contribution in [0.3, 0.4) is 0 Å². The lowest BCUT2D eigenvalue weighted by atomic mass is 10.4. The maximum Gasteiger partial charge on any atom is 0.228 e. The van der Waals surface area contributed by atoms with Crippen LogP contribution in [-0.2, 0) is 11.3 Å². The number of rotatable bonds is 4. The van der Waals surface area contributed by atoms with Crippen molar-refractivity contribution in [1.29, 1.82) is 0 Å². The van der Waals surface area contributed by atoms with Crippen LogP contribution in [0.5, 0.6) is 0 Å². The van der Waals surface area contributed by atoms with Crippen LogP contribution in [0.2, 0.25) is 0 Å². The Morgan fingerprint density at radius 2 is 2.22 bits per heavy atom. The molecule has 2 heterocycles. The van der Waals surface area contributed by atoms with E-state index >= 15 is 0 Å². The fraction of sp³-hybridized carbons (Fsp3) is 0.417. The van der Waals surface area contributed by atoms with Gasteiger partial charge in [0.1, 0.15) is 0 Å². The van der Waals surface area contributed by atoms with Crippen molar-refractivity contribution < 1.29 is 4.79 Å². The molecule has 5 nitrogen and oxygen atoms in total. The van der Waals surface area contributed by atoms with E-state index in [2.05, 4.69) is 15.4 Å². The van der Waals surface area contributed by atoms with Gasteiger partial charge in [0.05, 0.1) is 11.4 Å². The molecule has 0 spiro atoms. The monoisotopic (exact) mass is 264 g/mol. The Kier molecular flexibility index (Phi) is 3.76. The minimum absolute atomic E-state index is 0.0306. The lowest BCUT2D eigenvalue weighted by Gasteiger charge is -2.02. The van der Waals surface area contributed by atoms with Crippen molar-refractivity contribution in [3.8, 4) is 0 Å². The van der Waals surface area contributed by atoms with E-state index in [1.165, 1.54) is 11.3 Å². The molecule has 0 aliphatic heterocycles. The van der Waals surface area contributed by atoms with Gasteiger partial charge < -0.3 is 5.32 Å². The first-order valence-electron chi connectivity index (χ1n) is 5.78. The highest BCUT2D eigenvalue weighted by atomic mass is 32.1. The summed E-state index contributed by atoms with van der Waals surface area (Å²) >= 11 is 1.50. The van der Waals surface area contributed by atoms with Gasteiger partial charge in [-0.3, -0.25) is 9.48 Å². The normalized spacial score (nSPS) is 10.6. The topological polar surface area (TPSA) is 59.8 Å². The lowest BCUT2D eigenvalue weighted by molar-refractivity contribution is -0.116. The van der Waals surface area contributed by atoms with Crippen molar-refractivity contribution in [2.24, 2.45) is 0 Å². The van der Waals surface area contributed by atoms with Crippen LogP contribution in [0.15, 0.2) is 12.3 Å². The third-order valence-corrected chi connectivity index (χ3v) is 3.61. The molecule has 2 rings (SSSR count). The maximum absolute atomic E-state index is 11.7. The van der Waals surface area contributed by atoms with Crippen LogP contribution in [-0.4, -0.2) is 20.7 Å². The Morgan fingerprint density at radius 3 is 2.78 bits per heavy atom. The summed E-state index contributed by atoms with van der Waals surface area (Å²) in [5.74, 6) is -0.0306. The zero-order valence-corrected chi connectivity index (χ0v) is 11.5. The number of hydrogen-bond acceptors (Lipinski definition) is 4. The molecule has 0 fully saturated rings. The minimum Gasteiger partial charge on any atom is -0.302 e. The van der Waals surface area contributed by atoms with Crippen LogP contribution in [0, 0.1) is 20.8 Å². The highest BCUT2D eigenvalue weighted by Gasteiger charge is 2.08. The molecule has 1 amide bonds. The summed E-state index contributed by atoms with van der Waals surface area (Å²) in [5.41, 5.74) is 1.93. The van der Waals surface area contributed by atoms with E-state index in [4.69, 9.17) is 0 Å². The predicted molar refractivity (Wildman–Crippen MR) is 71.8 cm³/mol. The summed E-state index contributed by atoms with van der Waals surface area (Å²) in [6.07, 6.45) is 2.28. The first-order valence-corrected chi connectivity index (χ1v) is 6.60. The van der Waals surface area contributed by atoms with E-state index < -0.39 is 0 Å². The molecule has 0 radical (unpaired) electrons. The van der Waals surface area contributed by atoms with E-state index in [1.54, 1.807) is 4.68 Å². The number of carbonyl (C=O) groups is 1. The molecule has 0 aromatic carbocycles. The van der Waals surface area contributed by atoms with E-state index in [-0.39, 0.29) is 5.91 Å². The summed E-state index contributed by atoms with van der Waals surface area (Å²) in [6, 6.07) is 1.92. The summed E-state index contributed by atoms with van der Waals surface area (Å²) in [5, 5.41) is 7.71. The Bertz CT molecular complexity index is 539. The van der Waals surface area contributed by atoms with Gasteiger partial charge in [-0.25, -0.2) is 4.98 Å². The number of nitrogens with one attached hydrogen (secondary N) is 1. The molecule has 2 aromatic heterocycles. The first-order chi connectivity index (χ1) is 8.54. The largest absolute Gasteiger partial charge is 0.302 e. The number of aromatic nitrogens is 3. The first kappa shape index (κ1) is 12.8. The van der Waals surface area contributed by atoms with Crippen molar-refractivity contribution in [3.05, 3.63) is 28.5 Å². The van der Waals surface area contributed by atoms with E-state index in [9.17, 15) is 4.79 Å². The van der Waals surface area contributed by atoms with Gasteiger partial charge in [-0.15, -0.1) is 11.3 Å². The second-order valence-electron chi connectivity index (χ2n) is 4.18. The molecule has 2 aromatic rings. The van der Waals surface area contributed by atoms with Crippen LogP contribution < -0.4 is 5.32 Å². The number of nitrogens with zero attached hydrogens (tertiary/aromatic N) is 3. The van der Waals surface area contributed by atoms with Crippen molar-refractivity contribution in [1.82, 2.24) is 14.8 Å². The lowest BCUT2D eigenvalue weighted by Crippen LogP contribution is -2.14. The molecule has 96 valence electrons. The molecule has 0 aliphatic carbocycles. The molecule has 0 bridgehead atoms. The van der Waals surface area contributed by atoms with Crippen molar-refractivity contribution in [2.75, 3.05) is 5.32 Å². The van der Waals surface area contributed by atoms with Crippen molar-refractivity contribution in [3.63, 3.8) is 0 Å². The van der Waals surface area contributed by atoms with Crippen molar-refractivity contribution >= 4 is 22.4 Å². The summed E-state index contributed by atoms with van der Waals surface area (Å²) < 4.78 is 1.77. The zero-order valence-electron chi connectivity index (χ0n) is 10.7. The number of hydrogen-bond donors (Lipinski definition) is 1. The van der Waals surface area contributed by atoms with Gasteiger partial charge in [0, 0.05) is 24.0 Å². The van der Waals surface area contributed by atoms with E-state index in [0.717, 1.165) is 16.3 Å². The quantitative estimate of drug-likeness (QED) is 0.921. The minimum atomic E-state index is -0.0306. The highest BCUT2D eigenvalue weighted by molar-refractivity contribution is 7.15. The number of carbonyl (C=O) groups excluding carboxylic acids is 1. The molecule has 0 saturated carbocycles. The van der Waals surface area contributed by atoms with Gasteiger partial charge in [0.2, 0.25) is 5.91 Å². The number of thiazole rings is 1. The molecule has 0 aliphatic rings. The van der Waals surface area contributed by atoms with Crippen molar-refractivity contribution in [2.45, 2.75) is 33.7 Å². The third kappa shape index (κ3) is 3.16. The van der Waals surface area contributed by atoms with E-state index in [0.29, 0.717) is 18.1 Å². The summed E-state index contributed by atoms with van der Waals surface area (Å²) in [4.78, 5) is 17.1. The molecular weight excluding hydrogens is 248 g/mol. The Labute approximate surface area is 110 Å². The van der Waals surface area contributed by atoms with E-state index in [1.807, 2.05) is 33.0 Å². The van der Waals surface area contributed by atoms with Gasteiger partial charge in [-0.2, -0.15) is 5.10 Å². The molecule has 0 saturated heterocycles. The third-order valence-electron chi connectivity index (χ3n) is 2.62. The summed E-state index contributed by atoms with van der Waals surface area (Å²) in [6.45, 7) is 6.45. The maximum atomic E-state index is 11.7. The zero-order chi connectivity index (χ0) is 13.1. The molecular formula is C12H16N4OS. The van der Waals surface area contributed by atoms with Crippen LogP contribution in [0.1, 0.15) is 22.7 Å². The van der Waals surface area contributed by atoms with Gasteiger partial charge in [0.25, 0.3) is 0 Å². The second kappa shape index (κ2) is 5.30. The van der Waals surface area contributed by atoms with Crippen LogP contribution in [0.25, 0.3) is 0 Å². The van der Waals surface area contributed by atoms with Crippen LogP contribution in [0.4, 0.5) is 5.13 Å². The molecule has 0 unspecified atom stereocenters. The Hall–Kier alpha value is -1.69. The molecule has 18 heavy (non-hydrogen) atoms. The standard InChI is InChI=1S/C12H16N4OS/c1-8-4-6-16(15-8)7-5-11(17)14-12-13-9(2)10(3)18-12/h4,6H,5,7H2,1-3H3,(H,13,14,17). The molecule has 1 N–H and O–H groups in total. The smallest absolute Gasteiger partial charge is 0.228 e. The molecule has 6 heteroatoms. The average Bonchev–Trinajstić information content (AvgIpc) is 2.84. The van der Waals surface area contributed by atoms with Gasteiger partial charge in [-0.1, -0.05) is 0 Å².